The number of nitrogens with one attached hydrogen (secondary N) is 1. The first-order valence-electron chi connectivity index (χ1n) is 4.92. The Bertz CT molecular complexity index is 305. The highest BCUT2D eigenvalue weighted by atomic mass is 35.5. The van der Waals surface area contributed by atoms with Crippen molar-refractivity contribution in [3.05, 3.63) is 28.8 Å². The van der Waals surface area contributed by atoms with E-state index < -0.39 is 0 Å². The summed E-state index contributed by atoms with van der Waals surface area (Å²) in [7, 11) is 0. The van der Waals surface area contributed by atoms with E-state index in [0.29, 0.717) is 19.8 Å². The highest BCUT2D eigenvalue weighted by Crippen LogP contribution is 2.19. The van der Waals surface area contributed by atoms with Crippen LogP contribution < -0.4 is 5.32 Å². The molecule has 0 atom stereocenters. The molecule has 1 rings (SSSR count). The van der Waals surface area contributed by atoms with Crippen molar-refractivity contribution < 1.29 is 9.84 Å². The van der Waals surface area contributed by atoms with Crippen LogP contribution in [0.15, 0.2) is 18.2 Å². The summed E-state index contributed by atoms with van der Waals surface area (Å²) in [6, 6.07) is 5.84. The Hall–Kier alpha value is -0.770. The Labute approximate surface area is 95.0 Å². The van der Waals surface area contributed by atoms with E-state index in [2.05, 4.69) is 5.32 Å². The molecule has 0 amide bonds. The quantitative estimate of drug-likeness (QED) is 0.734. The molecule has 0 bridgehead atoms. The minimum Gasteiger partial charge on any atom is -0.394 e. The lowest BCUT2D eigenvalue weighted by Crippen LogP contribution is -2.11. The van der Waals surface area contributed by atoms with Gasteiger partial charge in [0, 0.05) is 17.3 Å². The molecule has 3 nitrogen and oxygen atoms in total. The summed E-state index contributed by atoms with van der Waals surface area (Å²) in [6.07, 6.45) is 0. The van der Waals surface area contributed by atoms with E-state index in [1.54, 1.807) is 0 Å². The van der Waals surface area contributed by atoms with Crippen LogP contribution in [0.4, 0.5) is 5.69 Å². The number of halogens is 1. The fourth-order valence-electron chi connectivity index (χ4n) is 1.14. The van der Waals surface area contributed by atoms with Crippen molar-refractivity contribution in [2.75, 3.05) is 31.7 Å². The molecule has 0 aliphatic rings. The van der Waals surface area contributed by atoms with Crippen LogP contribution in [0.5, 0.6) is 0 Å². The zero-order valence-electron chi connectivity index (χ0n) is 8.79. The van der Waals surface area contributed by atoms with Gasteiger partial charge in [-0.1, -0.05) is 17.7 Å². The summed E-state index contributed by atoms with van der Waals surface area (Å²) in [4.78, 5) is 0. The molecule has 0 aromatic heterocycles. The zero-order valence-corrected chi connectivity index (χ0v) is 9.55. The number of ether oxygens (including phenoxy) is 1. The Morgan fingerprint density at radius 3 is 2.87 bits per heavy atom. The number of anilines is 1. The molecule has 0 heterocycles. The second-order valence-corrected chi connectivity index (χ2v) is 3.63. The predicted octanol–water partition coefficient (Wildman–Crippen LogP) is 2.07. The van der Waals surface area contributed by atoms with Crippen LogP contribution >= 0.6 is 11.6 Å². The molecule has 2 N–H and O–H groups in total. The molecule has 1 aromatic carbocycles. The summed E-state index contributed by atoms with van der Waals surface area (Å²) in [5.74, 6) is 0. The average molecular weight is 230 g/mol. The molecule has 84 valence electrons. The maximum absolute atomic E-state index is 8.49. The highest BCUT2D eigenvalue weighted by Gasteiger charge is 1.96. The van der Waals surface area contributed by atoms with Gasteiger partial charge in [-0.2, -0.15) is 0 Å². The predicted molar refractivity (Wildman–Crippen MR) is 62.6 cm³/mol. The smallest absolute Gasteiger partial charge is 0.0698 e. The number of aliphatic hydroxyl groups is 1. The number of benzene rings is 1. The Morgan fingerprint density at radius 1 is 1.40 bits per heavy atom. The summed E-state index contributed by atoms with van der Waals surface area (Å²) in [5.41, 5.74) is 2.05. The first-order chi connectivity index (χ1) is 7.24. The van der Waals surface area contributed by atoms with Crippen molar-refractivity contribution >= 4 is 17.3 Å². The normalized spacial score (nSPS) is 10.3. The molecule has 15 heavy (non-hydrogen) atoms. The van der Waals surface area contributed by atoms with Gasteiger partial charge in [0.15, 0.2) is 0 Å². The number of aryl methyl sites for hydroxylation is 1. The van der Waals surface area contributed by atoms with Crippen LogP contribution in [0.1, 0.15) is 5.56 Å². The topological polar surface area (TPSA) is 41.5 Å². The fourth-order valence-corrected chi connectivity index (χ4v) is 1.32. The first-order valence-corrected chi connectivity index (χ1v) is 5.30. The van der Waals surface area contributed by atoms with E-state index in [-0.39, 0.29) is 6.61 Å². The Kier molecular flexibility index (Phi) is 5.47. The number of aliphatic hydroxyl groups excluding tert-OH is 1. The van der Waals surface area contributed by atoms with Crippen LogP contribution in [0, 0.1) is 6.92 Å². The van der Waals surface area contributed by atoms with Crippen molar-refractivity contribution in [1.82, 2.24) is 0 Å². The SMILES string of the molecule is Cc1ccc(NCCOCCO)cc1Cl. The maximum atomic E-state index is 8.49. The molecule has 4 heteroatoms. The van der Waals surface area contributed by atoms with E-state index in [1.807, 2.05) is 25.1 Å². The van der Waals surface area contributed by atoms with Gasteiger partial charge in [0.2, 0.25) is 0 Å². The Balaban J connectivity index is 2.28. The minimum atomic E-state index is 0.0658. The van der Waals surface area contributed by atoms with Gasteiger partial charge in [0.05, 0.1) is 19.8 Å². The van der Waals surface area contributed by atoms with Crippen LogP contribution in [-0.2, 0) is 4.74 Å². The van der Waals surface area contributed by atoms with Crippen molar-refractivity contribution in [1.29, 1.82) is 0 Å². The molecule has 0 aliphatic heterocycles. The molecular formula is C11H16ClNO2. The molecule has 0 aliphatic carbocycles. The molecule has 0 radical (unpaired) electrons. The second-order valence-electron chi connectivity index (χ2n) is 3.23. The van der Waals surface area contributed by atoms with Crippen LogP contribution in [0.2, 0.25) is 5.02 Å². The van der Waals surface area contributed by atoms with E-state index in [9.17, 15) is 0 Å². The van der Waals surface area contributed by atoms with Gasteiger partial charge in [-0.15, -0.1) is 0 Å². The van der Waals surface area contributed by atoms with E-state index in [4.69, 9.17) is 21.4 Å². The van der Waals surface area contributed by atoms with Gasteiger partial charge in [-0.05, 0) is 24.6 Å². The van der Waals surface area contributed by atoms with Crippen LogP contribution in [0.3, 0.4) is 0 Å². The van der Waals surface area contributed by atoms with E-state index in [1.165, 1.54) is 0 Å². The number of hydrogen-bond acceptors (Lipinski definition) is 3. The molecule has 0 saturated heterocycles. The van der Waals surface area contributed by atoms with E-state index >= 15 is 0 Å². The van der Waals surface area contributed by atoms with Gasteiger partial charge >= 0.3 is 0 Å². The van der Waals surface area contributed by atoms with Crippen LogP contribution in [0.25, 0.3) is 0 Å². The molecule has 0 unspecified atom stereocenters. The lowest BCUT2D eigenvalue weighted by Gasteiger charge is -2.07. The maximum Gasteiger partial charge on any atom is 0.0698 e. The minimum absolute atomic E-state index is 0.0658. The third kappa shape index (κ3) is 4.51. The Morgan fingerprint density at radius 2 is 2.20 bits per heavy atom. The van der Waals surface area contributed by atoms with Crippen molar-refractivity contribution in [3.8, 4) is 0 Å². The third-order valence-electron chi connectivity index (χ3n) is 1.98. The fraction of sp³-hybridized carbons (Fsp3) is 0.455. The highest BCUT2D eigenvalue weighted by molar-refractivity contribution is 6.31. The van der Waals surface area contributed by atoms with Crippen molar-refractivity contribution in [2.45, 2.75) is 6.92 Å². The molecule has 0 saturated carbocycles. The molecule has 0 spiro atoms. The summed E-state index contributed by atoms with van der Waals surface area (Å²) >= 11 is 5.97. The first kappa shape index (κ1) is 12.3. The third-order valence-corrected chi connectivity index (χ3v) is 2.39. The van der Waals surface area contributed by atoms with Crippen molar-refractivity contribution in [3.63, 3.8) is 0 Å². The standard InChI is InChI=1S/C11H16ClNO2/c1-9-2-3-10(8-11(9)12)13-4-6-15-7-5-14/h2-3,8,13-14H,4-7H2,1H3. The lowest BCUT2D eigenvalue weighted by atomic mass is 10.2. The van der Waals surface area contributed by atoms with Gasteiger partial charge < -0.3 is 15.2 Å². The lowest BCUT2D eigenvalue weighted by molar-refractivity contribution is 0.0992. The number of hydrogen-bond donors (Lipinski definition) is 2. The monoisotopic (exact) mass is 229 g/mol. The molecule has 1 aromatic rings. The van der Waals surface area contributed by atoms with Crippen LogP contribution in [-0.4, -0.2) is 31.5 Å². The zero-order chi connectivity index (χ0) is 11.1. The summed E-state index contributed by atoms with van der Waals surface area (Å²) in [6.45, 7) is 3.70. The number of rotatable bonds is 6. The summed E-state index contributed by atoms with van der Waals surface area (Å²) < 4.78 is 5.11. The molecular weight excluding hydrogens is 214 g/mol. The molecule has 0 fully saturated rings. The van der Waals surface area contributed by atoms with Gasteiger partial charge in [0.25, 0.3) is 0 Å². The summed E-state index contributed by atoms with van der Waals surface area (Å²) in [5, 5.41) is 12.4. The average Bonchev–Trinajstić information content (AvgIpc) is 2.23. The van der Waals surface area contributed by atoms with E-state index in [0.717, 1.165) is 16.3 Å². The van der Waals surface area contributed by atoms with Gasteiger partial charge in [-0.3, -0.25) is 0 Å². The largest absolute Gasteiger partial charge is 0.394 e. The second kappa shape index (κ2) is 6.67. The van der Waals surface area contributed by atoms with Gasteiger partial charge in [-0.25, -0.2) is 0 Å². The van der Waals surface area contributed by atoms with Gasteiger partial charge in [0.1, 0.15) is 0 Å². The van der Waals surface area contributed by atoms with Crippen molar-refractivity contribution in [2.24, 2.45) is 0 Å².